The second-order valence-electron chi connectivity index (χ2n) is 7.77. The van der Waals surface area contributed by atoms with E-state index < -0.39 is 5.41 Å². The summed E-state index contributed by atoms with van der Waals surface area (Å²) < 4.78 is 13.5. The highest BCUT2D eigenvalue weighted by atomic mass is 19.1. The molecule has 0 radical (unpaired) electrons. The summed E-state index contributed by atoms with van der Waals surface area (Å²) in [7, 11) is 0. The molecule has 0 unspecified atom stereocenters. The fourth-order valence-corrected chi connectivity index (χ4v) is 3.02. The second kappa shape index (κ2) is 8.51. The lowest BCUT2D eigenvalue weighted by atomic mass is 9.93. The van der Waals surface area contributed by atoms with Crippen molar-refractivity contribution in [2.24, 2.45) is 5.41 Å². The number of halogens is 1. The third-order valence-corrected chi connectivity index (χ3v) is 4.57. The van der Waals surface area contributed by atoms with Crippen LogP contribution in [-0.4, -0.2) is 24.0 Å². The van der Waals surface area contributed by atoms with E-state index in [1.54, 1.807) is 11.0 Å². The van der Waals surface area contributed by atoms with Crippen molar-refractivity contribution in [2.75, 3.05) is 22.9 Å². The molecule has 2 aromatic rings. The fraction of sp³-hybridized carbons (Fsp3) is 0.455. The normalized spacial score (nSPS) is 11.4. The molecule has 0 spiro atoms. The lowest BCUT2D eigenvalue weighted by Gasteiger charge is -2.31. The van der Waals surface area contributed by atoms with Crippen LogP contribution in [0.1, 0.15) is 45.7 Å². The van der Waals surface area contributed by atoms with Gasteiger partial charge in [0, 0.05) is 30.4 Å². The molecule has 1 heterocycles. The van der Waals surface area contributed by atoms with Gasteiger partial charge in [-0.25, -0.2) is 9.37 Å². The monoisotopic (exact) mass is 371 g/mol. The van der Waals surface area contributed by atoms with Crippen LogP contribution in [0.3, 0.4) is 0 Å². The van der Waals surface area contributed by atoms with Crippen molar-refractivity contribution in [3.63, 3.8) is 0 Å². The highest BCUT2D eigenvalue weighted by Gasteiger charge is 2.29. The molecule has 2 rings (SSSR count). The largest absolute Gasteiger partial charge is 0.357 e. The van der Waals surface area contributed by atoms with E-state index in [2.05, 4.69) is 23.7 Å². The molecule has 4 nitrogen and oxygen atoms in total. The summed E-state index contributed by atoms with van der Waals surface area (Å²) in [5.74, 6) is 0.616. The molecule has 0 aliphatic carbocycles. The molecule has 1 amide bonds. The molecule has 146 valence electrons. The molecule has 0 bridgehead atoms. The number of amides is 1. The standard InChI is InChI=1S/C22H30FN3O/c1-7-25(8-2)20-12-9-17(14-24-20)15-26(21(27)22(4,5)6)19-11-10-18(23)13-16(19)3/h9-14H,7-8,15H2,1-6H3. The Morgan fingerprint density at radius 1 is 1.11 bits per heavy atom. The van der Waals surface area contributed by atoms with Crippen molar-refractivity contribution in [1.29, 1.82) is 0 Å². The zero-order chi connectivity index (χ0) is 20.2. The van der Waals surface area contributed by atoms with Crippen LogP contribution < -0.4 is 9.80 Å². The number of aryl methyl sites for hydroxylation is 1. The molecule has 0 N–H and O–H groups in total. The van der Waals surface area contributed by atoms with Crippen molar-refractivity contribution >= 4 is 17.4 Å². The Hall–Kier alpha value is -2.43. The third kappa shape index (κ3) is 5.06. The van der Waals surface area contributed by atoms with E-state index in [4.69, 9.17) is 0 Å². The van der Waals surface area contributed by atoms with Crippen molar-refractivity contribution < 1.29 is 9.18 Å². The Bertz CT molecular complexity index is 777. The Kier molecular flexibility index (Phi) is 6.58. The number of anilines is 2. The molecule has 0 atom stereocenters. The van der Waals surface area contributed by atoms with Crippen molar-refractivity contribution in [1.82, 2.24) is 4.98 Å². The zero-order valence-electron chi connectivity index (χ0n) is 17.2. The van der Waals surface area contributed by atoms with E-state index >= 15 is 0 Å². The van der Waals surface area contributed by atoms with Gasteiger partial charge in [-0.2, -0.15) is 0 Å². The molecule has 0 fully saturated rings. The molecular weight excluding hydrogens is 341 g/mol. The van der Waals surface area contributed by atoms with Gasteiger partial charge in [0.1, 0.15) is 11.6 Å². The first-order valence-corrected chi connectivity index (χ1v) is 9.45. The number of carbonyl (C=O) groups is 1. The molecular formula is C22H30FN3O. The van der Waals surface area contributed by atoms with Gasteiger partial charge in [0.15, 0.2) is 0 Å². The van der Waals surface area contributed by atoms with Crippen LogP contribution in [-0.2, 0) is 11.3 Å². The van der Waals surface area contributed by atoms with Crippen LogP contribution in [0, 0.1) is 18.2 Å². The minimum atomic E-state index is -0.546. The van der Waals surface area contributed by atoms with E-state index in [1.165, 1.54) is 12.1 Å². The van der Waals surface area contributed by atoms with E-state index in [9.17, 15) is 9.18 Å². The Morgan fingerprint density at radius 2 is 1.78 bits per heavy atom. The van der Waals surface area contributed by atoms with E-state index in [0.29, 0.717) is 6.54 Å². The number of aromatic nitrogens is 1. The Balaban J connectivity index is 2.36. The summed E-state index contributed by atoms with van der Waals surface area (Å²) >= 11 is 0. The number of carbonyl (C=O) groups excluding carboxylic acids is 1. The SMILES string of the molecule is CCN(CC)c1ccc(CN(C(=O)C(C)(C)C)c2ccc(F)cc2C)cn1. The molecule has 0 aliphatic heterocycles. The first-order valence-electron chi connectivity index (χ1n) is 9.45. The lowest BCUT2D eigenvalue weighted by Crippen LogP contribution is -2.39. The predicted octanol–water partition coefficient (Wildman–Crippen LogP) is 4.95. The molecule has 1 aromatic carbocycles. The van der Waals surface area contributed by atoms with E-state index in [-0.39, 0.29) is 11.7 Å². The average molecular weight is 372 g/mol. The maximum atomic E-state index is 13.5. The van der Waals surface area contributed by atoms with Gasteiger partial charge in [-0.15, -0.1) is 0 Å². The van der Waals surface area contributed by atoms with E-state index in [1.807, 2.05) is 46.0 Å². The number of nitrogens with zero attached hydrogens (tertiary/aromatic N) is 3. The van der Waals surface area contributed by atoms with Gasteiger partial charge in [0.05, 0.1) is 6.54 Å². The van der Waals surface area contributed by atoms with Gasteiger partial charge in [-0.05, 0) is 56.2 Å². The van der Waals surface area contributed by atoms with Crippen molar-refractivity contribution in [2.45, 2.75) is 48.1 Å². The van der Waals surface area contributed by atoms with Crippen LogP contribution in [0.15, 0.2) is 36.5 Å². The maximum absolute atomic E-state index is 13.5. The average Bonchev–Trinajstić information content (AvgIpc) is 2.61. The van der Waals surface area contributed by atoms with Gasteiger partial charge in [0.2, 0.25) is 5.91 Å². The Morgan fingerprint density at radius 3 is 2.26 bits per heavy atom. The van der Waals surface area contributed by atoms with Gasteiger partial charge >= 0.3 is 0 Å². The van der Waals surface area contributed by atoms with Crippen LogP contribution in [0.25, 0.3) is 0 Å². The van der Waals surface area contributed by atoms with Crippen molar-refractivity contribution in [3.8, 4) is 0 Å². The molecule has 0 aliphatic rings. The molecule has 1 aromatic heterocycles. The topological polar surface area (TPSA) is 36.4 Å². The van der Waals surface area contributed by atoms with Gasteiger partial charge < -0.3 is 9.80 Å². The molecule has 27 heavy (non-hydrogen) atoms. The maximum Gasteiger partial charge on any atom is 0.232 e. The van der Waals surface area contributed by atoms with Gasteiger partial charge in [-0.3, -0.25) is 4.79 Å². The molecule has 0 saturated heterocycles. The van der Waals surface area contributed by atoms with Crippen LogP contribution in [0.4, 0.5) is 15.9 Å². The summed E-state index contributed by atoms with van der Waals surface area (Å²) in [6.45, 7) is 13.9. The third-order valence-electron chi connectivity index (χ3n) is 4.57. The number of rotatable bonds is 6. The smallest absolute Gasteiger partial charge is 0.232 e. The second-order valence-corrected chi connectivity index (χ2v) is 7.77. The molecule has 5 heteroatoms. The van der Waals surface area contributed by atoms with Gasteiger partial charge in [0.25, 0.3) is 0 Å². The predicted molar refractivity (Wildman–Crippen MR) is 110 cm³/mol. The van der Waals surface area contributed by atoms with Crippen LogP contribution in [0.2, 0.25) is 0 Å². The number of hydrogen-bond donors (Lipinski definition) is 0. The fourth-order valence-electron chi connectivity index (χ4n) is 3.02. The minimum Gasteiger partial charge on any atom is -0.357 e. The Labute approximate surface area is 162 Å². The summed E-state index contributed by atoms with van der Waals surface area (Å²) in [6.07, 6.45) is 1.81. The number of hydrogen-bond acceptors (Lipinski definition) is 3. The molecule has 0 saturated carbocycles. The van der Waals surface area contributed by atoms with Crippen molar-refractivity contribution in [3.05, 3.63) is 53.5 Å². The number of pyridine rings is 1. The van der Waals surface area contributed by atoms with Crippen LogP contribution in [0.5, 0.6) is 0 Å². The first-order chi connectivity index (χ1) is 12.7. The quantitative estimate of drug-likeness (QED) is 0.720. The summed E-state index contributed by atoms with van der Waals surface area (Å²) in [5.41, 5.74) is 1.85. The summed E-state index contributed by atoms with van der Waals surface area (Å²) in [4.78, 5) is 21.5. The summed E-state index contributed by atoms with van der Waals surface area (Å²) in [6, 6.07) is 8.51. The zero-order valence-corrected chi connectivity index (χ0v) is 17.2. The van der Waals surface area contributed by atoms with Crippen LogP contribution >= 0.6 is 0 Å². The highest BCUT2D eigenvalue weighted by molar-refractivity contribution is 5.97. The summed E-state index contributed by atoms with van der Waals surface area (Å²) in [5, 5.41) is 0. The first kappa shape index (κ1) is 20.9. The minimum absolute atomic E-state index is 0.00923. The lowest BCUT2D eigenvalue weighted by molar-refractivity contribution is -0.125. The number of benzene rings is 1. The van der Waals surface area contributed by atoms with Gasteiger partial charge in [-0.1, -0.05) is 26.8 Å². The highest BCUT2D eigenvalue weighted by Crippen LogP contribution is 2.28. The van der Waals surface area contributed by atoms with E-state index in [0.717, 1.165) is 35.7 Å².